The average molecular weight is 367 g/mol. The molecule has 2 saturated heterocycles. The van der Waals surface area contributed by atoms with E-state index in [0.29, 0.717) is 29.1 Å². The Labute approximate surface area is 149 Å². The Morgan fingerprint density at radius 1 is 1.33 bits per heavy atom. The lowest BCUT2D eigenvalue weighted by Gasteiger charge is -2.29. The van der Waals surface area contributed by atoms with Crippen LogP contribution >= 0.6 is 24.0 Å². The smallest absolute Gasteiger partial charge is 0.267 e. The molecule has 0 aliphatic carbocycles. The number of benzene rings is 1. The lowest BCUT2D eigenvalue weighted by Crippen LogP contribution is -2.99. The van der Waals surface area contributed by atoms with Gasteiger partial charge in [0.15, 0.2) is 5.69 Å². The third kappa shape index (κ3) is 4.01. The van der Waals surface area contributed by atoms with E-state index >= 15 is 0 Å². The van der Waals surface area contributed by atoms with Crippen LogP contribution in [-0.4, -0.2) is 58.2 Å². The number of morpholine rings is 1. The van der Waals surface area contributed by atoms with Crippen molar-refractivity contribution in [3.63, 3.8) is 0 Å². The second-order valence-corrected chi connectivity index (χ2v) is 7.08. The van der Waals surface area contributed by atoms with Crippen molar-refractivity contribution < 1.29 is 20.0 Å². The maximum atomic E-state index is 12.6. The highest BCUT2D eigenvalue weighted by atomic mass is 32.2. The molecule has 128 valence electrons. The highest BCUT2D eigenvalue weighted by Gasteiger charge is 2.33. The zero-order valence-corrected chi connectivity index (χ0v) is 14.4. The van der Waals surface area contributed by atoms with E-state index < -0.39 is 5.23 Å². The fourth-order valence-electron chi connectivity index (χ4n) is 2.44. The lowest BCUT2D eigenvalue weighted by molar-refractivity contribution is -0.991. The molecule has 0 aromatic heterocycles. The third-order valence-corrected chi connectivity index (χ3v) is 5.15. The summed E-state index contributed by atoms with van der Waals surface area (Å²) >= 11 is 6.60. The molecule has 7 nitrogen and oxygen atoms in total. The molecule has 1 aromatic carbocycles. The van der Waals surface area contributed by atoms with Gasteiger partial charge in [-0.3, -0.25) is 14.6 Å². The summed E-state index contributed by atoms with van der Waals surface area (Å²) in [5, 5.41) is 18.8. The third-order valence-electron chi connectivity index (χ3n) is 3.77. The van der Waals surface area contributed by atoms with Gasteiger partial charge in [0.1, 0.15) is 4.32 Å². The van der Waals surface area contributed by atoms with Gasteiger partial charge in [-0.1, -0.05) is 24.0 Å². The lowest BCUT2D eigenvalue weighted by atomic mass is 10.2. The summed E-state index contributed by atoms with van der Waals surface area (Å²) in [4.78, 5) is 16.9. The van der Waals surface area contributed by atoms with E-state index in [1.54, 1.807) is 23.1 Å². The number of thiocarbonyl (C=S) groups is 1. The number of amides is 1. The van der Waals surface area contributed by atoms with Gasteiger partial charge < -0.3 is 9.94 Å². The molecule has 2 aliphatic heterocycles. The van der Waals surface area contributed by atoms with Crippen molar-refractivity contribution in [3.05, 3.63) is 39.9 Å². The number of carbonyl (C=O) groups is 1. The Kier molecular flexibility index (Phi) is 5.61. The summed E-state index contributed by atoms with van der Waals surface area (Å²) in [6.45, 7) is 3.38. The Bertz CT molecular complexity index is 657. The van der Waals surface area contributed by atoms with Crippen molar-refractivity contribution in [2.75, 3.05) is 33.0 Å². The summed E-state index contributed by atoms with van der Waals surface area (Å²) in [5.41, 5.74) is 0.985. The van der Waals surface area contributed by atoms with Crippen molar-refractivity contribution in [2.24, 2.45) is 0 Å². The number of hydrogen-bond donors (Lipinski definition) is 2. The summed E-state index contributed by atoms with van der Waals surface area (Å²) in [6, 6.07) is 6.39. The number of ether oxygens (including phenoxy) is 1. The van der Waals surface area contributed by atoms with E-state index in [9.17, 15) is 10.0 Å². The predicted molar refractivity (Wildman–Crippen MR) is 94.5 cm³/mol. The molecule has 0 radical (unpaired) electrons. The van der Waals surface area contributed by atoms with Crippen LogP contribution in [0.1, 0.15) is 5.56 Å². The molecule has 0 spiro atoms. The van der Waals surface area contributed by atoms with Gasteiger partial charge in [0.05, 0.1) is 24.8 Å². The van der Waals surface area contributed by atoms with Crippen molar-refractivity contribution in [3.8, 4) is 0 Å². The molecule has 2 fully saturated rings. The first-order valence-corrected chi connectivity index (χ1v) is 8.66. The summed E-state index contributed by atoms with van der Waals surface area (Å²) in [6.07, 6.45) is 1.74. The van der Waals surface area contributed by atoms with Gasteiger partial charge in [0.2, 0.25) is 0 Å². The highest BCUT2D eigenvalue weighted by molar-refractivity contribution is 8.26. The van der Waals surface area contributed by atoms with Crippen molar-refractivity contribution >= 4 is 46.0 Å². The van der Waals surface area contributed by atoms with Gasteiger partial charge in [-0.25, -0.2) is 5.21 Å². The van der Waals surface area contributed by atoms with Gasteiger partial charge in [-0.15, -0.1) is 0 Å². The van der Waals surface area contributed by atoms with Gasteiger partial charge in [0, 0.05) is 25.2 Å². The topological polar surface area (TPSA) is 80.5 Å². The molecule has 0 bridgehead atoms. The van der Waals surface area contributed by atoms with E-state index in [-0.39, 0.29) is 11.6 Å². The summed E-state index contributed by atoms with van der Waals surface area (Å²) in [7, 11) is 0. The van der Waals surface area contributed by atoms with E-state index in [0.717, 1.165) is 18.7 Å². The second kappa shape index (κ2) is 7.70. The Morgan fingerprint density at radius 2 is 2.00 bits per heavy atom. The number of rotatable bonds is 4. The number of nitrogens with zero attached hydrogens (tertiary/aromatic N) is 2. The predicted octanol–water partition coefficient (Wildman–Crippen LogP) is 0.581. The van der Waals surface area contributed by atoms with Crippen LogP contribution in [0.15, 0.2) is 29.2 Å². The number of nitrogens with one attached hydrogen (secondary N) is 1. The van der Waals surface area contributed by atoms with Gasteiger partial charge >= 0.3 is 0 Å². The number of quaternary nitrogens is 1. The zero-order valence-electron chi connectivity index (χ0n) is 12.8. The van der Waals surface area contributed by atoms with Crippen molar-refractivity contribution in [1.29, 1.82) is 0 Å². The van der Waals surface area contributed by atoms with E-state index in [1.807, 2.05) is 0 Å². The SMILES string of the molecule is O=C1C(=Cc2ccc([NH+]([O-])O)cc2)SC(=S)N1CN1CCOCC1. The van der Waals surface area contributed by atoms with E-state index in [2.05, 4.69) is 4.90 Å². The number of hydrogen-bond acceptors (Lipinski definition) is 7. The monoisotopic (exact) mass is 367 g/mol. The minimum absolute atomic E-state index is 0.112. The average Bonchev–Trinajstić information content (AvgIpc) is 2.84. The van der Waals surface area contributed by atoms with Crippen LogP contribution in [0, 0.1) is 5.21 Å². The van der Waals surface area contributed by atoms with Crippen LogP contribution in [0.2, 0.25) is 0 Å². The molecular weight excluding hydrogens is 350 g/mol. The summed E-state index contributed by atoms with van der Waals surface area (Å²) < 4.78 is 5.85. The zero-order chi connectivity index (χ0) is 17.1. The highest BCUT2D eigenvalue weighted by Crippen LogP contribution is 2.32. The number of carbonyl (C=O) groups excluding carboxylic acids is 1. The molecule has 1 atom stereocenters. The van der Waals surface area contributed by atoms with E-state index in [1.165, 1.54) is 23.9 Å². The standard InChI is InChI=1S/C15H17N3O4S2/c19-14-13(9-11-1-3-12(4-2-11)18(20)21)24-15(23)17(14)10-16-5-7-22-8-6-16/h1-4,9,18,20H,5-8,10H2. The molecule has 1 amide bonds. The normalized spacial score (nSPS) is 22.4. The van der Waals surface area contributed by atoms with Crippen LogP contribution in [0.3, 0.4) is 0 Å². The Hall–Kier alpha value is -1.33. The van der Waals surface area contributed by atoms with Crippen molar-refractivity contribution in [2.45, 2.75) is 0 Å². The van der Waals surface area contributed by atoms with Crippen LogP contribution in [0.5, 0.6) is 0 Å². The van der Waals surface area contributed by atoms with E-state index in [4.69, 9.17) is 22.2 Å². The molecule has 1 aromatic rings. The van der Waals surface area contributed by atoms with Crippen molar-refractivity contribution in [1.82, 2.24) is 9.80 Å². The summed E-state index contributed by atoms with van der Waals surface area (Å²) in [5.74, 6) is -0.112. The van der Waals surface area contributed by atoms with Crippen LogP contribution in [0.25, 0.3) is 6.08 Å². The first-order chi connectivity index (χ1) is 11.5. The number of thioether (sulfide) groups is 1. The van der Waals surface area contributed by atoms with Gasteiger partial charge in [-0.05, 0) is 23.8 Å². The molecule has 2 heterocycles. The van der Waals surface area contributed by atoms with Gasteiger partial charge in [0.25, 0.3) is 5.91 Å². The molecule has 3 rings (SSSR count). The first kappa shape index (κ1) is 17.5. The largest absolute Gasteiger partial charge is 0.595 e. The van der Waals surface area contributed by atoms with Gasteiger partial charge in [-0.2, -0.15) is 5.23 Å². The minimum Gasteiger partial charge on any atom is -0.595 e. The molecule has 1 unspecified atom stereocenters. The Balaban J connectivity index is 1.70. The Morgan fingerprint density at radius 3 is 2.62 bits per heavy atom. The molecule has 2 aliphatic rings. The molecule has 2 N–H and O–H groups in total. The quantitative estimate of drug-likeness (QED) is 0.458. The van der Waals surface area contributed by atoms with Crippen LogP contribution in [-0.2, 0) is 9.53 Å². The molecule has 9 heteroatoms. The fourth-order valence-corrected chi connectivity index (χ4v) is 3.68. The second-order valence-electron chi connectivity index (χ2n) is 5.41. The molecule has 0 saturated carbocycles. The maximum absolute atomic E-state index is 12.6. The van der Waals surface area contributed by atoms with Crippen LogP contribution in [0.4, 0.5) is 5.69 Å². The molecule has 24 heavy (non-hydrogen) atoms. The maximum Gasteiger partial charge on any atom is 0.267 e. The minimum atomic E-state index is -0.974. The molecular formula is C15H17N3O4S2. The fraction of sp³-hybridized carbons (Fsp3) is 0.333. The first-order valence-electron chi connectivity index (χ1n) is 7.43. The van der Waals surface area contributed by atoms with Crippen LogP contribution < -0.4 is 5.23 Å².